The Hall–Kier alpha value is -1.60. The van der Waals surface area contributed by atoms with E-state index in [-0.39, 0.29) is 17.9 Å². The summed E-state index contributed by atoms with van der Waals surface area (Å²) in [7, 11) is -3.80. The van der Waals surface area contributed by atoms with Crippen molar-refractivity contribution < 1.29 is 18.3 Å². The lowest BCUT2D eigenvalue weighted by molar-refractivity contribution is -0.119. The van der Waals surface area contributed by atoms with Crippen LogP contribution in [-0.4, -0.2) is 26.0 Å². The average Bonchev–Trinajstić information content (AvgIpc) is 2.77. The number of nitrogen functional groups attached to an aromatic ring is 1. The second kappa shape index (κ2) is 21.0. The molecule has 1 aromatic carbocycles. The fraction of sp³-hybridized carbons (Fsp3) is 0.731. The number of amides is 1. The van der Waals surface area contributed by atoms with E-state index in [0.717, 1.165) is 19.3 Å². The Labute approximate surface area is 202 Å². The summed E-state index contributed by atoms with van der Waals surface area (Å²) in [5, 5.41) is 7.57. The fourth-order valence-electron chi connectivity index (χ4n) is 3.56. The lowest BCUT2D eigenvalue weighted by Gasteiger charge is -2.07. The van der Waals surface area contributed by atoms with Crippen LogP contribution >= 0.6 is 0 Å². The SMILES string of the molecule is CCCCCCCCCCCCCCCCCC(=O)NS(=O)(=O)c1ccc(N)cc1.CCO. The third-order valence-corrected chi connectivity index (χ3v) is 6.84. The molecule has 0 spiro atoms. The molecule has 1 rings (SSSR count). The Balaban J connectivity index is 0.00000322. The number of rotatable bonds is 18. The van der Waals surface area contributed by atoms with Crippen LogP contribution in [0.1, 0.15) is 117 Å². The number of carbonyl (C=O) groups excluding carboxylic acids is 1. The summed E-state index contributed by atoms with van der Waals surface area (Å²) < 4.78 is 26.4. The predicted molar refractivity (Wildman–Crippen MR) is 138 cm³/mol. The number of hydrogen-bond donors (Lipinski definition) is 3. The van der Waals surface area contributed by atoms with Crippen molar-refractivity contribution in [3.8, 4) is 0 Å². The van der Waals surface area contributed by atoms with Crippen molar-refractivity contribution in [1.29, 1.82) is 0 Å². The van der Waals surface area contributed by atoms with Crippen molar-refractivity contribution >= 4 is 21.6 Å². The number of nitrogens with two attached hydrogens (primary N) is 1. The van der Waals surface area contributed by atoms with Gasteiger partial charge in [0.1, 0.15) is 0 Å². The minimum Gasteiger partial charge on any atom is -0.399 e. The normalized spacial score (nSPS) is 11.0. The van der Waals surface area contributed by atoms with E-state index in [4.69, 9.17) is 10.8 Å². The highest BCUT2D eigenvalue weighted by atomic mass is 32.2. The standard InChI is InChI=1S/C24H42N2O3S.C2H6O/c1-2-3-4-5-6-7-8-9-10-11-12-13-14-15-16-17-24(27)26-30(28,29)23-20-18-22(25)19-21-23;1-2-3/h18-21H,2-17,25H2,1H3,(H,26,27);3H,2H2,1H3. The number of benzene rings is 1. The van der Waals surface area contributed by atoms with Gasteiger partial charge in [0.25, 0.3) is 10.0 Å². The monoisotopic (exact) mass is 484 g/mol. The fourth-order valence-corrected chi connectivity index (χ4v) is 4.58. The van der Waals surface area contributed by atoms with Crippen molar-refractivity contribution in [2.24, 2.45) is 0 Å². The maximum Gasteiger partial charge on any atom is 0.264 e. The van der Waals surface area contributed by atoms with Crippen molar-refractivity contribution in [1.82, 2.24) is 4.72 Å². The summed E-state index contributed by atoms with van der Waals surface area (Å²) >= 11 is 0. The first-order valence-corrected chi connectivity index (χ1v) is 14.4. The van der Waals surface area contributed by atoms with Crippen LogP contribution in [0.2, 0.25) is 0 Å². The lowest BCUT2D eigenvalue weighted by atomic mass is 10.0. The Kier molecular flexibility index (Phi) is 20.0. The minimum atomic E-state index is -3.80. The third-order valence-electron chi connectivity index (χ3n) is 5.45. The molecule has 0 bridgehead atoms. The molecule has 6 nitrogen and oxygen atoms in total. The van der Waals surface area contributed by atoms with Crippen molar-refractivity contribution in [2.75, 3.05) is 12.3 Å². The zero-order valence-electron chi connectivity index (χ0n) is 21.0. The first kappa shape index (κ1) is 31.4. The first-order valence-electron chi connectivity index (χ1n) is 12.9. The van der Waals surface area contributed by atoms with Gasteiger partial charge in [0.15, 0.2) is 0 Å². The van der Waals surface area contributed by atoms with Crippen molar-refractivity contribution in [3.63, 3.8) is 0 Å². The summed E-state index contributed by atoms with van der Waals surface area (Å²) in [6, 6.07) is 5.82. The van der Waals surface area contributed by atoms with E-state index in [1.807, 2.05) is 0 Å². The van der Waals surface area contributed by atoms with E-state index in [1.165, 1.54) is 101 Å². The maximum absolute atomic E-state index is 12.1. The second-order valence-corrected chi connectivity index (χ2v) is 10.3. The van der Waals surface area contributed by atoms with E-state index in [2.05, 4.69) is 11.6 Å². The van der Waals surface area contributed by atoms with Gasteiger partial charge in [-0.3, -0.25) is 4.79 Å². The second-order valence-electron chi connectivity index (χ2n) is 8.61. The molecule has 0 fully saturated rings. The number of unbranched alkanes of at least 4 members (excludes halogenated alkanes) is 14. The zero-order valence-corrected chi connectivity index (χ0v) is 21.8. The molecule has 0 saturated carbocycles. The van der Waals surface area contributed by atoms with Gasteiger partial charge in [-0.1, -0.05) is 96.8 Å². The molecule has 0 aliphatic heterocycles. The zero-order chi connectivity index (χ0) is 24.8. The van der Waals surface area contributed by atoms with Gasteiger partial charge >= 0.3 is 0 Å². The Morgan fingerprint density at radius 1 is 0.758 bits per heavy atom. The molecule has 0 atom stereocenters. The number of hydrogen-bond acceptors (Lipinski definition) is 5. The molecule has 7 heteroatoms. The molecular weight excluding hydrogens is 436 g/mol. The molecular formula is C26H48N2O4S. The van der Waals surface area contributed by atoms with Crippen LogP contribution in [0.3, 0.4) is 0 Å². The van der Waals surface area contributed by atoms with E-state index in [0.29, 0.717) is 5.69 Å². The highest BCUT2D eigenvalue weighted by Gasteiger charge is 2.16. The highest BCUT2D eigenvalue weighted by Crippen LogP contribution is 2.14. The molecule has 0 aliphatic carbocycles. The molecule has 192 valence electrons. The largest absolute Gasteiger partial charge is 0.399 e. The van der Waals surface area contributed by atoms with E-state index >= 15 is 0 Å². The van der Waals surface area contributed by atoms with Gasteiger partial charge in [-0.15, -0.1) is 0 Å². The summed E-state index contributed by atoms with van der Waals surface area (Å²) in [4.78, 5) is 12.0. The number of anilines is 1. The van der Waals surface area contributed by atoms with Gasteiger partial charge in [-0.05, 0) is 37.6 Å². The molecule has 0 aliphatic rings. The van der Waals surface area contributed by atoms with Crippen LogP contribution in [0.15, 0.2) is 29.2 Å². The molecule has 1 amide bonds. The number of nitrogens with one attached hydrogen (secondary N) is 1. The van der Waals surface area contributed by atoms with Crippen LogP contribution in [0, 0.1) is 0 Å². The third kappa shape index (κ3) is 18.5. The molecule has 0 saturated heterocycles. The van der Waals surface area contributed by atoms with E-state index in [9.17, 15) is 13.2 Å². The first-order chi connectivity index (χ1) is 15.9. The highest BCUT2D eigenvalue weighted by molar-refractivity contribution is 7.90. The minimum absolute atomic E-state index is 0.0570. The molecule has 0 unspecified atom stereocenters. The van der Waals surface area contributed by atoms with E-state index in [1.54, 1.807) is 6.92 Å². The van der Waals surface area contributed by atoms with Crippen LogP contribution < -0.4 is 10.5 Å². The molecule has 4 N–H and O–H groups in total. The summed E-state index contributed by atoms with van der Waals surface area (Å²) in [5.74, 6) is -0.443. The molecule has 0 aromatic heterocycles. The van der Waals surface area contributed by atoms with Gasteiger partial charge in [0.2, 0.25) is 5.91 Å². The van der Waals surface area contributed by atoms with Gasteiger partial charge in [-0.2, -0.15) is 0 Å². The summed E-state index contributed by atoms with van der Waals surface area (Å²) in [5.41, 5.74) is 6.04. The van der Waals surface area contributed by atoms with Crippen LogP contribution in [0.25, 0.3) is 0 Å². The predicted octanol–water partition coefficient (Wildman–Crippen LogP) is 6.33. The topological polar surface area (TPSA) is 109 Å². The number of aliphatic hydroxyl groups excluding tert-OH is 1. The molecule has 0 radical (unpaired) electrons. The summed E-state index contributed by atoms with van der Waals surface area (Å²) in [6.07, 6.45) is 19.2. The maximum atomic E-state index is 12.1. The average molecular weight is 485 g/mol. The van der Waals surface area contributed by atoms with E-state index < -0.39 is 15.9 Å². The lowest BCUT2D eigenvalue weighted by Crippen LogP contribution is -2.30. The van der Waals surface area contributed by atoms with Crippen LogP contribution in [0.4, 0.5) is 5.69 Å². The molecule has 1 aromatic rings. The van der Waals surface area contributed by atoms with Gasteiger partial charge < -0.3 is 10.8 Å². The van der Waals surface area contributed by atoms with Crippen molar-refractivity contribution in [2.45, 2.75) is 121 Å². The molecule has 33 heavy (non-hydrogen) atoms. The van der Waals surface area contributed by atoms with Crippen molar-refractivity contribution in [3.05, 3.63) is 24.3 Å². The Morgan fingerprint density at radius 2 is 1.12 bits per heavy atom. The van der Waals surface area contributed by atoms with Gasteiger partial charge in [0.05, 0.1) is 4.90 Å². The number of aliphatic hydroxyl groups is 1. The van der Waals surface area contributed by atoms with Gasteiger partial charge in [-0.25, -0.2) is 13.1 Å². The molecule has 0 heterocycles. The summed E-state index contributed by atoms with van der Waals surface area (Å²) in [6.45, 7) is 4.19. The Bertz CT molecular complexity index is 691. The smallest absolute Gasteiger partial charge is 0.264 e. The van der Waals surface area contributed by atoms with Crippen LogP contribution in [-0.2, 0) is 14.8 Å². The quantitative estimate of drug-likeness (QED) is 0.166. The number of sulfonamides is 1. The Morgan fingerprint density at radius 3 is 1.52 bits per heavy atom. The number of carbonyl (C=O) groups is 1. The van der Waals surface area contributed by atoms with Gasteiger partial charge in [0, 0.05) is 18.7 Å². The van der Waals surface area contributed by atoms with Crippen LogP contribution in [0.5, 0.6) is 0 Å².